The van der Waals surface area contributed by atoms with E-state index in [4.69, 9.17) is 4.42 Å². The molecule has 9 heteroatoms. The molecule has 1 unspecified atom stereocenters. The SMILES string of the molecule is CC(c1nnc(-c2ccccc2F)o1)n1nc(Br)c2cncnc21. The van der Waals surface area contributed by atoms with Crippen molar-refractivity contribution < 1.29 is 8.81 Å². The molecule has 4 aromatic rings. The lowest BCUT2D eigenvalue weighted by molar-refractivity contribution is 0.420. The third-order valence-electron chi connectivity index (χ3n) is 3.60. The minimum absolute atomic E-state index is 0.125. The second kappa shape index (κ2) is 5.75. The third kappa shape index (κ3) is 2.37. The van der Waals surface area contributed by atoms with E-state index in [1.807, 2.05) is 6.92 Å². The summed E-state index contributed by atoms with van der Waals surface area (Å²) in [6, 6.07) is 5.87. The van der Waals surface area contributed by atoms with Crippen molar-refractivity contribution in [1.82, 2.24) is 29.9 Å². The molecule has 4 rings (SSSR count). The average Bonchev–Trinajstić information content (AvgIpc) is 3.21. The predicted octanol–water partition coefficient (Wildman–Crippen LogP) is 3.39. The van der Waals surface area contributed by atoms with E-state index in [0.29, 0.717) is 16.1 Å². The van der Waals surface area contributed by atoms with E-state index in [1.165, 1.54) is 12.4 Å². The molecule has 7 nitrogen and oxygen atoms in total. The van der Waals surface area contributed by atoms with Crippen molar-refractivity contribution in [2.24, 2.45) is 0 Å². The van der Waals surface area contributed by atoms with E-state index < -0.39 is 5.82 Å². The highest BCUT2D eigenvalue weighted by Crippen LogP contribution is 2.28. The molecule has 0 aliphatic rings. The molecule has 0 amide bonds. The minimum atomic E-state index is -0.416. The topological polar surface area (TPSA) is 82.5 Å². The number of benzene rings is 1. The molecule has 0 bridgehead atoms. The van der Waals surface area contributed by atoms with E-state index in [1.54, 1.807) is 29.1 Å². The minimum Gasteiger partial charge on any atom is -0.418 e. The van der Waals surface area contributed by atoms with E-state index >= 15 is 0 Å². The van der Waals surface area contributed by atoms with Crippen LogP contribution in [0.1, 0.15) is 18.9 Å². The van der Waals surface area contributed by atoms with E-state index in [2.05, 4.69) is 41.2 Å². The Morgan fingerprint density at radius 1 is 1.25 bits per heavy atom. The first kappa shape index (κ1) is 14.9. The van der Waals surface area contributed by atoms with E-state index in [0.717, 1.165) is 5.39 Å². The lowest BCUT2D eigenvalue weighted by Gasteiger charge is -2.07. The second-order valence-electron chi connectivity index (χ2n) is 5.10. The van der Waals surface area contributed by atoms with Crippen LogP contribution in [0, 0.1) is 5.82 Å². The summed E-state index contributed by atoms with van der Waals surface area (Å²) in [6.45, 7) is 1.85. The average molecular weight is 389 g/mol. The molecule has 0 aliphatic carbocycles. The molecule has 1 atom stereocenters. The Labute approximate surface area is 143 Å². The van der Waals surface area contributed by atoms with Crippen molar-refractivity contribution in [3.8, 4) is 11.5 Å². The molecule has 3 heterocycles. The van der Waals surface area contributed by atoms with Crippen LogP contribution in [0.2, 0.25) is 0 Å². The monoisotopic (exact) mass is 388 g/mol. The maximum absolute atomic E-state index is 13.9. The molecular formula is C15H10BrFN6O. The van der Waals surface area contributed by atoms with Crippen LogP contribution in [0.5, 0.6) is 0 Å². The van der Waals surface area contributed by atoms with Crippen molar-refractivity contribution in [2.75, 3.05) is 0 Å². The van der Waals surface area contributed by atoms with Gasteiger partial charge in [-0.2, -0.15) is 5.10 Å². The second-order valence-corrected chi connectivity index (χ2v) is 5.85. The van der Waals surface area contributed by atoms with Gasteiger partial charge in [0.2, 0.25) is 5.89 Å². The Bertz CT molecular complexity index is 1030. The molecule has 0 N–H and O–H groups in total. The summed E-state index contributed by atoms with van der Waals surface area (Å²) in [5.74, 6) is 0.0178. The summed E-state index contributed by atoms with van der Waals surface area (Å²) < 4.78 is 21.8. The van der Waals surface area contributed by atoms with Crippen molar-refractivity contribution in [1.29, 1.82) is 0 Å². The molecule has 24 heavy (non-hydrogen) atoms. The zero-order valence-corrected chi connectivity index (χ0v) is 14.0. The van der Waals surface area contributed by atoms with Gasteiger partial charge in [-0.1, -0.05) is 12.1 Å². The zero-order chi connectivity index (χ0) is 16.7. The molecular weight excluding hydrogens is 379 g/mol. The first-order valence-electron chi connectivity index (χ1n) is 7.07. The van der Waals surface area contributed by atoms with Gasteiger partial charge < -0.3 is 4.42 Å². The number of rotatable bonds is 3. The molecule has 0 spiro atoms. The molecule has 0 radical (unpaired) electrons. The fourth-order valence-electron chi connectivity index (χ4n) is 2.37. The first-order chi connectivity index (χ1) is 11.6. The van der Waals surface area contributed by atoms with E-state index in [-0.39, 0.29) is 17.5 Å². The Balaban J connectivity index is 1.75. The summed E-state index contributed by atoms with van der Waals surface area (Å²) >= 11 is 3.38. The lowest BCUT2D eigenvalue weighted by atomic mass is 10.2. The molecule has 1 aromatic carbocycles. The summed E-state index contributed by atoms with van der Waals surface area (Å²) in [4.78, 5) is 8.22. The summed E-state index contributed by atoms with van der Waals surface area (Å²) in [5, 5.41) is 13.1. The predicted molar refractivity (Wildman–Crippen MR) is 86.5 cm³/mol. The van der Waals surface area contributed by atoms with E-state index in [9.17, 15) is 4.39 Å². The third-order valence-corrected chi connectivity index (χ3v) is 4.18. The maximum Gasteiger partial charge on any atom is 0.250 e. The van der Waals surface area contributed by atoms with Gasteiger partial charge in [0.15, 0.2) is 5.65 Å². The van der Waals surface area contributed by atoms with Crippen molar-refractivity contribution in [3.05, 3.63) is 53.1 Å². The summed E-state index contributed by atoms with van der Waals surface area (Å²) in [7, 11) is 0. The van der Waals surface area contributed by atoms with Gasteiger partial charge in [-0.25, -0.2) is 19.0 Å². The molecule has 0 saturated carbocycles. The van der Waals surface area contributed by atoms with Gasteiger partial charge in [0, 0.05) is 6.20 Å². The van der Waals surface area contributed by atoms with Crippen molar-refractivity contribution in [2.45, 2.75) is 13.0 Å². The van der Waals surface area contributed by atoms with Crippen molar-refractivity contribution >= 4 is 27.0 Å². The number of hydrogen-bond acceptors (Lipinski definition) is 6. The lowest BCUT2D eigenvalue weighted by Crippen LogP contribution is -2.09. The molecule has 0 aliphatic heterocycles. The molecule has 3 aromatic heterocycles. The van der Waals surface area contributed by atoms with Crippen LogP contribution < -0.4 is 0 Å². The quantitative estimate of drug-likeness (QED) is 0.534. The van der Waals surface area contributed by atoms with Crippen molar-refractivity contribution in [3.63, 3.8) is 0 Å². The zero-order valence-electron chi connectivity index (χ0n) is 12.4. The van der Waals surface area contributed by atoms with Gasteiger partial charge in [0.1, 0.15) is 22.8 Å². The highest BCUT2D eigenvalue weighted by Gasteiger charge is 2.22. The molecule has 120 valence electrons. The van der Waals surface area contributed by atoms with Gasteiger partial charge in [-0.15, -0.1) is 10.2 Å². The number of aromatic nitrogens is 6. The highest BCUT2D eigenvalue weighted by molar-refractivity contribution is 9.10. The Morgan fingerprint density at radius 2 is 2.08 bits per heavy atom. The van der Waals surface area contributed by atoms with Gasteiger partial charge >= 0.3 is 0 Å². The van der Waals surface area contributed by atoms with Gasteiger partial charge in [-0.05, 0) is 35.0 Å². The molecule has 0 saturated heterocycles. The fourth-order valence-corrected chi connectivity index (χ4v) is 2.82. The molecule has 0 fully saturated rings. The van der Waals surface area contributed by atoms with Gasteiger partial charge in [0.25, 0.3) is 5.89 Å². The Hall–Kier alpha value is -2.68. The number of nitrogens with zero attached hydrogens (tertiary/aromatic N) is 6. The van der Waals surface area contributed by atoms with Crippen LogP contribution in [-0.2, 0) is 0 Å². The standard InChI is InChI=1S/C15H10BrFN6O/c1-8(23-13-10(12(16)22-23)6-18-7-19-13)14-20-21-15(24-14)9-4-2-3-5-11(9)17/h2-8H,1H3. The van der Waals surface area contributed by atoms with Gasteiger partial charge in [-0.3, -0.25) is 0 Å². The van der Waals surface area contributed by atoms with Crippen LogP contribution in [0.3, 0.4) is 0 Å². The Morgan fingerprint density at radius 3 is 2.92 bits per heavy atom. The normalized spacial score (nSPS) is 12.6. The maximum atomic E-state index is 13.9. The summed E-state index contributed by atoms with van der Waals surface area (Å²) in [5.41, 5.74) is 0.896. The van der Waals surface area contributed by atoms with Gasteiger partial charge in [0.05, 0.1) is 10.9 Å². The van der Waals surface area contributed by atoms with Crippen LogP contribution >= 0.6 is 15.9 Å². The summed E-state index contributed by atoms with van der Waals surface area (Å²) in [6.07, 6.45) is 3.11. The fraction of sp³-hybridized carbons (Fsp3) is 0.133. The number of hydrogen-bond donors (Lipinski definition) is 0. The first-order valence-corrected chi connectivity index (χ1v) is 7.86. The number of halogens is 2. The smallest absolute Gasteiger partial charge is 0.250 e. The number of fused-ring (bicyclic) bond motifs is 1. The van der Waals surface area contributed by atoms with Crippen LogP contribution in [0.25, 0.3) is 22.5 Å². The largest absolute Gasteiger partial charge is 0.418 e. The van der Waals surface area contributed by atoms with Crippen LogP contribution in [0.4, 0.5) is 4.39 Å². The van der Waals surface area contributed by atoms with Crippen LogP contribution in [0.15, 0.2) is 45.8 Å². The highest BCUT2D eigenvalue weighted by atomic mass is 79.9. The van der Waals surface area contributed by atoms with Crippen LogP contribution in [-0.4, -0.2) is 29.9 Å². The Kier molecular flexibility index (Phi) is 3.57.